The molecule has 3 heteroatoms. The number of likely N-dealkylation sites (tertiary alicyclic amines) is 1. The number of piperidine rings is 1. The summed E-state index contributed by atoms with van der Waals surface area (Å²) in [5, 5.41) is 0. The Morgan fingerprint density at radius 3 is 1.78 bits per heavy atom. The second-order valence-corrected chi connectivity index (χ2v) is 8.09. The lowest BCUT2D eigenvalue weighted by atomic mass is 9.90. The number of rotatable bonds is 8. The Hall–Kier alpha value is -0.930. The van der Waals surface area contributed by atoms with Crippen LogP contribution in [0.25, 0.3) is 0 Å². The Morgan fingerprint density at radius 2 is 1.44 bits per heavy atom. The van der Waals surface area contributed by atoms with E-state index in [0.29, 0.717) is 12.0 Å². The van der Waals surface area contributed by atoms with E-state index in [9.17, 15) is 0 Å². The second kappa shape index (κ2) is 28.1. The summed E-state index contributed by atoms with van der Waals surface area (Å²) in [5.41, 5.74) is 9.11. The molecule has 1 fully saturated rings. The minimum atomic E-state index is 0.419. The van der Waals surface area contributed by atoms with Gasteiger partial charge in [-0.15, -0.1) is 0 Å². The maximum Gasteiger partial charge on any atom is 0.0303 e. The van der Waals surface area contributed by atoms with Gasteiger partial charge in [-0.1, -0.05) is 105 Å². The molecule has 0 amide bonds. The standard InChI is InChI=1S/C20H34N2.C4H10.2C2H6.CH4S/c1-15(2)7-8-17(4)18(5)13-20(14-19(6)21)22-11-9-16(3)10-12-22;1-3-4-2;3*1-2/h7-8,14,16,18,20H,1,4,9-13,21H2,2-3,5-6H3;3-4H2,1-2H3;2*1-2H3;2H,1H3/b8-7-,19-14-;;;;. The predicted octanol–water partition coefficient (Wildman–Crippen LogP) is 9.07. The summed E-state index contributed by atoms with van der Waals surface area (Å²) in [6.45, 7) is 31.4. The molecule has 0 aromatic carbocycles. The fourth-order valence-corrected chi connectivity index (χ4v) is 2.91. The molecule has 2 atom stereocenters. The molecular formula is C29H60N2S. The van der Waals surface area contributed by atoms with Crippen LogP contribution in [0.5, 0.6) is 0 Å². The Balaban J connectivity index is -0.000000337. The number of nitrogens with zero attached hydrogens (tertiary/aromatic N) is 1. The van der Waals surface area contributed by atoms with E-state index in [1.807, 2.05) is 47.6 Å². The zero-order valence-corrected chi connectivity index (χ0v) is 24.7. The van der Waals surface area contributed by atoms with Crippen molar-refractivity contribution in [2.75, 3.05) is 19.3 Å². The van der Waals surface area contributed by atoms with Gasteiger partial charge in [-0.25, -0.2) is 0 Å². The number of allylic oxidation sites excluding steroid dienone is 5. The molecule has 0 radical (unpaired) electrons. The van der Waals surface area contributed by atoms with Crippen LogP contribution in [0.3, 0.4) is 0 Å². The number of nitrogens with two attached hydrogens (primary N) is 1. The maximum absolute atomic E-state index is 5.96. The quantitative estimate of drug-likeness (QED) is 0.275. The van der Waals surface area contributed by atoms with Crippen LogP contribution < -0.4 is 5.73 Å². The molecule has 0 aliphatic carbocycles. The molecule has 1 aliphatic rings. The molecule has 192 valence electrons. The molecule has 0 bridgehead atoms. The van der Waals surface area contributed by atoms with Gasteiger partial charge in [-0.05, 0) is 70.4 Å². The summed E-state index contributed by atoms with van der Waals surface area (Å²) in [5.74, 6) is 1.29. The molecule has 1 heterocycles. The Morgan fingerprint density at radius 1 is 1.00 bits per heavy atom. The average Bonchev–Trinajstić information content (AvgIpc) is 2.81. The summed E-state index contributed by atoms with van der Waals surface area (Å²) >= 11 is 3.53. The molecule has 2 nitrogen and oxygen atoms in total. The molecule has 0 aromatic rings. The number of unbranched alkanes of at least 4 members (excludes halogenated alkanes) is 1. The van der Waals surface area contributed by atoms with Crippen molar-refractivity contribution in [2.24, 2.45) is 17.6 Å². The van der Waals surface area contributed by atoms with Gasteiger partial charge in [-0.2, -0.15) is 12.6 Å². The first-order valence-corrected chi connectivity index (χ1v) is 13.8. The molecule has 2 unspecified atom stereocenters. The van der Waals surface area contributed by atoms with Crippen molar-refractivity contribution in [3.8, 4) is 0 Å². The normalized spacial score (nSPS) is 15.9. The Kier molecular flexibility index (Phi) is 33.7. The van der Waals surface area contributed by atoms with E-state index in [-0.39, 0.29) is 0 Å². The summed E-state index contributed by atoms with van der Waals surface area (Å²) in [4.78, 5) is 2.59. The summed E-state index contributed by atoms with van der Waals surface area (Å²) < 4.78 is 0. The Labute approximate surface area is 209 Å². The summed E-state index contributed by atoms with van der Waals surface area (Å²) in [6, 6.07) is 0.419. The van der Waals surface area contributed by atoms with E-state index in [1.165, 1.54) is 44.3 Å². The molecule has 1 aliphatic heterocycles. The zero-order valence-electron chi connectivity index (χ0n) is 23.8. The third kappa shape index (κ3) is 23.7. The highest BCUT2D eigenvalue weighted by atomic mass is 32.1. The lowest BCUT2D eigenvalue weighted by molar-refractivity contribution is 0.149. The summed E-state index contributed by atoms with van der Waals surface area (Å²) in [7, 11) is 0. The third-order valence-corrected chi connectivity index (χ3v) is 5.05. The van der Waals surface area contributed by atoms with Crippen molar-refractivity contribution in [1.29, 1.82) is 0 Å². The lowest BCUT2D eigenvalue weighted by Gasteiger charge is -2.36. The van der Waals surface area contributed by atoms with E-state index in [2.05, 4.69) is 70.5 Å². The van der Waals surface area contributed by atoms with Gasteiger partial charge in [0.1, 0.15) is 0 Å². The van der Waals surface area contributed by atoms with Crippen molar-refractivity contribution >= 4 is 12.6 Å². The fraction of sp³-hybridized carbons (Fsp3) is 0.724. The van der Waals surface area contributed by atoms with Crippen LogP contribution in [0.15, 0.2) is 48.2 Å². The summed E-state index contributed by atoms with van der Waals surface area (Å²) in [6.07, 6.45) is 14.4. The fourth-order valence-electron chi connectivity index (χ4n) is 2.91. The van der Waals surface area contributed by atoms with Crippen molar-refractivity contribution in [2.45, 2.75) is 107 Å². The molecule has 0 spiro atoms. The van der Waals surface area contributed by atoms with Gasteiger partial charge in [0.05, 0.1) is 0 Å². The third-order valence-electron chi connectivity index (χ3n) is 5.05. The average molecular weight is 469 g/mol. The highest BCUT2D eigenvalue weighted by Gasteiger charge is 2.23. The van der Waals surface area contributed by atoms with Gasteiger partial charge in [0.15, 0.2) is 0 Å². The minimum absolute atomic E-state index is 0.419. The van der Waals surface area contributed by atoms with E-state index in [1.54, 1.807) is 6.26 Å². The van der Waals surface area contributed by atoms with Gasteiger partial charge in [0.25, 0.3) is 0 Å². The molecule has 1 saturated heterocycles. The highest BCUT2D eigenvalue weighted by molar-refractivity contribution is 7.79. The van der Waals surface area contributed by atoms with Crippen LogP contribution in [-0.4, -0.2) is 30.3 Å². The molecule has 0 saturated carbocycles. The molecular weight excluding hydrogens is 408 g/mol. The van der Waals surface area contributed by atoms with Gasteiger partial charge < -0.3 is 5.73 Å². The SMILES string of the molecule is C=C(C)/C=C\C(=C)C(C)CC(/C=C(/C)N)N1CCC(C)CC1.CC.CC.CCCC.CS. The first kappa shape index (κ1) is 38.3. The zero-order chi connectivity index (χ0) is 26.1. The number of hydrogen-bond donors (Lipinski definition) is 2. The lowest BCUT2D eigenvalue weighted by Crippen LogP contribution is -2.41. The molecule has 2 N–H and O–H groups in total. The largest absolute Gasteiger partial charge is 0.402 e. The van der Waals surface area contributed by atoms with Crippen LogP contribution in [0.4, 0.5) is 0 Å². The van der Waals surface area contributed by atoms with Gasteiger partial charge in [0, 0.05) is 11.7 Å². The van der Waals surface area contributed by atoms with Crippen LogP contribution in [0.2, 0.25) is 0 Å². The number of thiol groups is 1. The van der Waals surface area contributed by atoms with Gasteiger partial charge >= 0.3 is 0 Å². The van der Waals surface area contributed by atoms with Crippen LogP contribution in [-0.2, 0) is 0 Å². The molecule has 32 heavy (non-hydrogen) atoms. The predicted molar refractivity (Wildman–Crippen MR) is 157 cm³/mol. The van der Waals surface area contributed by atoms with E-state index >= 15 is 0 Å². The van der Waals surface area contributed by atoms with Crippen LogP contribution in [0, 0.1) is 11.8 Å². The first-order chi connectivity index (χ1) is 15.2. The second-order valence-electron chi connectivity index (χ2n) is 8.09. The van der Waals surface area contributed by atoms with Crippen molar-refractivity contribution in [1.82, 2.24) is 4.90 Å². The number of hydrogen-bond acceptors (Lipinski definition) is 3. The van der Waals surface area contributed by atoms with Crippen LogP contribution >= 0.6 is 12.6 Å². The van der Waals surface area contributed by atoms with Crippen molar-refractivity contribution < 1.29 is 0 Å². The highest BCUT2D eigenvalue weighted by Crippen LogP contribution is 2.25. The van der Waals surface area contributed by atoms with E-state index < -0.39 is 0 Å². The van der Waals surface area contributed by atoms with Crippen molar-refractivity contribution in [3.63, 3.8) is 0 Å². The van der Waals surface area contributed by atoms with Gasteiger partial charge in [-0.3, -0.25) is 4.90 Å². The topological polar surface area (TPSA) is 29.3 Å². The van der Waals surface area contributed by atoms with Crippen LogP contribution in [0.1, 0.15) is 101 Å². The Bertz CT molecular complexity index is 466. The smallest absolute Gasteiger partial charge is 0.0303 e. The maximum atomic E-state index is 5.96. The first-order valence-electron chi connectivity index (χ1n) is 12.9. The minimum Gasteiger partial charge on any atom is -0.402 e. The molecule has 1 rings (SSSR count). The van der Waals surface area contributed by atoms with E-state index in [4.69, 9.17) is 5.73 Å². The molecule has 0 aromatic heterocycles. The van der Waals surface area contributed by atoms with Crippen molar-refractivity contribution in [3.05, 3.63) is 48.2 Å². The van der Waals surface area contributed by atoms with Gasteiger partial charge in [0.2, 0.25) is 0 Å². The monoisotopic (exact) mass is 468 g/mol. The van der Waals surface area contributed by atoms with E-state index in [0.717, 1.165) is 23.6 Å².